The van der Waals surface area contributed by atoms with Gasteiger partial charge in [-0.15, -0.1) is 0 Å². The van der Waals surface area contributed by atoms with E-state index in [1.165, 1.54) is 5.56 Å². The Morgan fingerprint density at radius 3 is 2.47 bits per heavy atom. The van der Waals surface area contributed by atoms with Gasteiger partial charge in [0.25, 0.3) is 0 Å². The molecule has 94 valence electrons. The molecule has 1 atom stereocenters. The number of ether oxygens (including phenoxy) is 2. The van der Waals surface area contributed by atoms with E-state index in [4.69, 9.17) is 9.47 Å². The third-order valence-electron chi connectivity index (χ3n) is 2.75. The highest BCUT2D eigenvalue weighted by atomic mass is 16.5. The second-order valence-electron chi connectivity index (χ2n) is 4.06. The van der Waals surface area contributed by atoms with Crippen molar-refractivity contribution in [3.05, 3.63) is 42.0 Å². The third kappa shape index (κ3) is 5.05. The number of rotatable bonds is 7. The molecule has 0 unspecified atom stereocenters. The van der Waals surface area contributed by atoms with Gasteiger partial charge in [0.05, 0.1) is 20.3 Å². The van der Waals surface area contributed by atoms with Gasteiger partial charge < -0.3 is 9.47 Å². The molecule has 0 radical (unpaired) electrons. The molecule has 0 aliphatic rings. The minimum absolute atomic E-state index is 0.526. The molecule has 0 saturated heterocycles. The molecule has 0 aromatic heterocycles. The van der Waals surface area contributed by atoms with Gasteiger partial charge in [-0.2, -0.15) is 0 Å². The van der Waals surface area contributed by atoms with Crippen molar-refractivity contribution < 1.29 is 9.47 Å². The van der Waals surface area contributed by atoms with Crippen molar-refractivity contribution in [3.8, 4) is 5.75 Å². The van der Waals surface area contributed by atoms with Crippen LogP contribution in [0, 0.1) is 5.92 Å². The number of allylic oxidation sites excluding steroid dienone is 1. The fourth-order valence-corrected chi connectivity index (χ4v) is 1.63. The van der Waals surface area contributed by atoms with Crippen molar-refractivity contribution in [2.45, 2.75) is 26.9 Å². The Morgan fingerprint density at radius 1 is 1.24 bits per heavy atom. The molecule has 2 nitrogen and oxygen atoms in total. The number of benzene rings is 1. The molecule has 0 aliphatic heterocycles. The molecule has 0 aliphatic carbocycles. The third-order valence-corrected chi connectivity index (χ3v) is 2.75. The van der Waals surface area contributed by atoms with Gasteiger partial charge in [-0.1, -0.05) is 31.2 Å². The van der Waals surface area contributed by atoms with Gasteiger partial charge in [-0.3, -0.25) is 0 Å². The Kier molecular flexibility index (Phi) is 6.41. The quantitative estimate of drug-likeness (QED) is 0.668. The van der Waals surface area contributed by atoms with Gasteiger partial charge in [-0.05, 0) is 37.0 Å². The van der Waals surface area contributed by atoms with E-state index in [9.17, 15) is 0 Å². The van der Waals surface area contributed by atoms with Crippen LogP contribution in [-0.4, -0.2) is 13.7 Å². The highest BCUT2D eigenvalue weighted by Gasteiger charge is 2.02. The molecule has 2 heteroatoms. The molecule has 0 spiro atoms. The first-order valence-electron chi connectivity index (χ1n) is 6.13. The van der Waals surface area contributed by atoms with Gasteiger partial charge in [-0.25, -0.2) is 0 Å². The van der Waals surface area contributed by atoms with Gasteiger partial charge in [0.15, 0.2) is 0 Å². The van der Waals surface area contributed by atoms with Crippen LogP contribution in [0.3, 0.4) is 0 Å². The van der Waals surface area contributed by atoms with Crippen LogP contribution in [0.15, 0.2) is 36.4 Å². The van der Waals surface area contributed by atoms with E-state index in [1.54, 1.807) is 7.11 Å². The maximum absolute atomic E-state index is 5.71. The zero-order valence-electron chi connectivity index (χ0n) is 11.0. The van der Waals surface area contributed by atoms with E-state index in [2.05, 4.69) is 19.1 Å². The summed E-state index contributed by atoms with van der Waals surface area (Å²) in [4.78, 5) is 0. The van der Waals surface area contributed by atoms with E-state index >= 15 is 0 Å². The van der Waals surface area contributed by atoms with Crippen molar-refractivity contribution in [1.29, 1.82) is 0 Å². The summed E-state index contributed by atoms with van der Waals surface area (Å²) in [5.41, 5.74) is 1.18. The number of hydrogen-bond donors (Lipinski definition) is 0. The van der Waals surface area contributed by atoms with Crippen LogP contribution in [0.1, 0.15) is 25.8 Å². The topological polar surface area (TPSA) is 18.5 Å². The summed E-state index contributed by atoms with van der Waals surface area (Å²) in [5, 5.41) is 0. The summed E-state index contributed by atoms with van der Waals surface area (Å²) in [7, 11) is 1.68. The van der Waals surface area contributed by atoms with Crippen molar-refractivity contribution in [2.24, 2.45) is 5.92 Å². The molecule has 0 heterocycles. The lowest BCUT2D eigenvalue weighted by Crippen LogP contribution is -2.06. The van der Waals surface area contributed by atoms with E-state index in [0.29, 0.717) is 12.5 Å². The van der Waals surface area contributed by atoms with E-state index in [1.807, 2.05) is 31.2 Å². The highest BCUT2D eigenvalue weighted by molar-refractivity contribution is 5.26. The van der Waals surface area contributed by atoms with Crippen molar-refractivity contribution in [1.82, 2.24) is 0 Å². The average molecular weight is 234 g/mol. The Bertz CT molecular complexity index is 327. The van der Waals surface area contributed by atoms with E-state index < -0.39 is 0 Å². The van der Waals surface area contributed by atoms with Gasteiger partial charge in [0.1, 0.15) is 5.75 Å². The lowest BCUT2D eigenvalue weighted by molar-refractivity contribution is 0.0984. The summed E-state index contributed by atoms with van der Waals surface area (Å²) in [5.74, 6) is 1.41. The molecular formula is C15H22O2. The molecule has 1 rings (SSSR count). The molecule has 0 bridgehead atoms. The van der Waals surface area contributed by atoms with E-state index in [-0.39, 0.29) is 0 Å². The smallest absolute Gasteiger partial charge is 0.118 e. The van der Waals surface area contributed by atoms with Crippen LogP contribution < -0.4 is 4.74 Å². The first-order valence-corrected chi connectivity index (χ1v) is 6.13. The van der Waals surface area contributed by atoms with Crippen molar-refractivity contribution in [2.75, 3.05) is 13.7 Å². The summed E-state index contributed by atoms with van der Waals surface area (Å²) in [6, 6.07) is 7.99. The monoisotopic (exact) mass is 234 g/mol. The number of hydrogen-bond acceptors (Lipinski definition) is 2. The van der Waals surface area contributed by atoms with Crippen LogP contribution in [-0.2, 0) is 11.3 Å². The lowest BCUT2D eigenvalue weighted by atomic mass is 10.1. The fraction of sp³-hybridized carbons (Fsp3) is 0.467. The molecule has 1 aromatic rings. The Hall–Kier alpha value is -1.28. The van der Waals surface area contributed by atoms with Crippen molar-refractivity contribution >= 4 is 0 Å². The van der Waals surface area contributed by atoms with Gasteiger partial charge >= 0.3 is 0 Å². The predicted molar refractivity (Wildman–Crippen MR) is 71.2 cm³/mol. The number of methoxy groups -OCH3 is 1. The zero-order chi connectivity index (χ0) is 12.5. The highest BCUT2D eigenvalue weighted by Crippen LogP contribution is 2.13. The zero-order valence-corrected chi connectivity index (χ0v) is 11.0. The molecule has 17 heavy (non-hydrogen) atoms. The first kappa shape index (κ1) is 13.8. The van der Waals surface area contributed by atoms with Crippen LogP contribution in [0.2, 0.25) is 0 Å². The second-order valence-corrected chi connectivity index (χ2v) is 4.06. The van der Waals surface area contributed by atoms with Crippen LogP contribution in [0.4, 0.5) is 0 Å². The van der Waals surface area contributed by atoms with Crippen LogP contribution in [0.5, 0.6) is 5.75 Å². The second kappa shape index (κ2) is 7.91. The van der Waals surface area contributed by atoms with E-state index in [0.717, 1.165) is 18.8 Å². The predicted octanol–water partition coefficient (Wildman–Crippen LogP) is 3.81. The van der Waals surface area contributed by atoms with Crippen LogP contribution >= 0.6 is 0 Å². The SMILES string of the molecule is C/C=C/[C@@H](CC)COCc1ccc(OC)cc1. The minimum atomic E-state index is 0.526. The van der Waals surface area contributed by atoms with Crippen LogP contribution in [0.25, 0.3) is 0 Å². The average Bonchev–Trinajstić information content (AvgIpc) is 2.38. The lowest BCUT2D eigenvalue weighted by Gasteiger charge is -2.11. The molecule has 0 amide bonds. The minimum Gasteiger partial charge on any atom is -0.497 e. The van der Waals surface area contributed by atoms with Gasteiger partial charge in [0, 0.05) is 0 Å². The maximum atomic E-state index is 5.71. The maximum Gasteiger partial charge on any atom is 0.118 e. The van der Waals surface area contributed by atoms with Crippen molar-refractivity contribution in [3.63, 3.8) is 0 Å². The fourth-order valence-electron chi connectivity index (χ4n) is 1.63. The molecular weight excluding hydrogens is 212 g/mol. The molecule has 0 N–H and O–H groups in total. The first-order chi connectivity index (χ1) is 8.30. The molecule has 1 aromatic carbocycles. The Balaban J connectivity index is 2.34. The summed E-state index contributed by atoms with van der Waals surface area (Å²) < 4.78 is 10.8. The largest absolute Gasteiger partial charge is 0.497 e. The standard InChI is InChI=1S/C15H22O2/c1-4-6-13(5-2)11-17-12-14-7-9-15(16-3)10-8-14/h4,6-10,13H,5,11-12H2,1-3H3/b6-4+/t13-/m1/s1. The Morgan fingerprint density at radius 2 is 1.94 bits per heavy atom. The normalized spacial score (nSPS) is 12.9. The summed E-state index contributed by atoms with van der Waals surface area (Å²) >= 11 is 0. The molecule has 0 saturated carbocycles. The Labute approximate surface area is 104 Å². The van der Waals surface area contributed by atoms with Gasteiger partial charge in [0.2, 0.25) is 0 Å². The summed E-state index contributed by atoms with van der Waals surface area (Å²) in [6.45, 7) is 5.68. The molecule has 0 fully saturated rings. The summed E-state index contributed by atoms with van der Waals surface area (Å²) in [6.07, 6.45) is 5.41.